The molecule has 3 heteroatoms. The summed E-state index contributed by atoms with van der Waals surface area (Å²) in [7, 11) is 0. The molecular weight excluding hydrogens is 150 g/mol. The largest absolute Gasteiger partial charge is 0.392 e. The fraction of sp³-hybridized carbons (Fsp3) is 1.00. The minimum absolute atomic E-state index is 0. The van der Waals surface area contributed by atoms with Crippen molar-refractivity contribution in [3.05, 3.63) is 0 Å². The molecule has 0 aromatic heterocycles. The monoisotopic (exact) mass is 165 g/mol. The molecule has 0 spiro atoms. The molecule has 0 radical (unpaired) electrons. The molecule has 1 fully saturated rings. The Balaban J connectivity index is 0.000000810. The third kappa shape index (κ3) is 2.11. The van der Waals surface area contributed by atoms with Crippen LogP contribution >= 0.6 is 12.4 Å². The zero-order valence-electron chi connectivity index (χ0n) is 6.50. The van der Waals surface area contributed by atoms with Gasteiger partial charge in [0, 0.05) is 13.1 Å². The van der Waals surface area contributed by atoms with Crippen molar-refractivity contribution in [2.75, 3.05) is 13.1 Å². The highest BCUT2D eigenvalue weighted by Crippen LogP contribution is 2.15. The molecule has 1 unspecified atom stereocenters. The van der Waals surface area contributed by atoms with Gasteiger partial charge in [-0.1, -0.05) is 13.8 Å². The van der Waals surface area contributed by atoms with Crippen molar-refractivity contribution in [2.45, 2.75) is 20.0 Å². The fourth-order valence-electron chi connectivity index (χ4n) is 1.34. The van der Waals surface area contributed by atoms with Crippen LogP contribution in [-0.2, 0) is 0 Å². The molecule has 3 atom stereocenters. The van der Waals surface area contributed by atoms with Crippen LogP contribution < -0.4 is 5.32 Å². The highest BCUT2D eigenvalue weighted by molar-refractivity contribution is 5.85. The van der Waals surface area contributed by atoms with E-state index in [1.165, 1.54) is 0 Å². The zero-order valence-corrected chi connectivity index (χ0v) is 7.32. The van der Waals surface area contributed by atoms with Gasteiger partial charge in [-0.2, -0.15) is 0 Å². The summed E-state index contributed by atoms with van der Waals surface area (Å²) < 4.78 is 0. The van der Waals surface area contributed by atoms with Crippen molar-refractivity contribution < 1.29 is 5.11 Å². The molecule has 0 amide bonds. The maximum atomic E-state index is 9.41. The van der Waals surface area contributed by atoms with Gasteiger partial charge in [0.1, 0.15) is 0 Å². The summed E-state index contributed by atoms with van der Waals surface area (Å²) in [6.45, 7) is 6.08. The molecule has 0 aromatic carbocycles. The smallest absolute Gasteiger partial charge is 0.0615 e. The van der Waals surface area contributed by atoms with Crippen LogP contribution in [0.2, 0.25) is 0 Å². The molecule has 62 valence electrons. The second-order valence-corrected chi connectivity index (χ2v) is 3.10. The molecule has 0 aliphatic carbocycles. The second-order valence-electron chi connectivity index (χ2n) is 3.10. The van der Waals surface area contributed by atoms with Gasteiger partial charge in [0.25, 0.3) is 0 Å². The highest BCUT2D eigenvalue weighted by atomic mass is 35.5. The molecule has 1 aliphatic rings. The van der Waals surface area contributed by atoms with E-state index in [2.05, 4.69) is 19.2 Å². The molecule has 0 bridgehead atoms. The first kappa shape index (κ1) is 10.2. The fourth-order valence-corrected chi connectivity index (χ4v) is 1.34. The first-order valence-electron chi connectivity index (χ1n) is 3.60. The minimum Gasteiger partial charge on any atom is -0.392 e. The summed E-state index contributed by atoms with van der Waals surface area (Å²) in [5.41, 5.74) is 0. The van der Waals surface area contributed by atoms with Gasteiger partial charge in [0.05, 0.1) is 6.10 Å². The number of nitrogens with one attached hydrogen (secondary N) is 1. The van der Waals surface area contributed by atoms with E-state index in [1.54, 1.807) is 0 Å². The first-order chi connectivity index (χ1) is 4.22. The predicted octanol–water partition coefficient (Wildman–Crippen LogP) is 0.644. The molecule has 2 nitrogen and oxygen atoms in total. The van der Waals surface area contributed by atoms with E-state index >= 15 is 0 Å². The minimum atomic E-state index is -0.0914. The lowest BCUT2D eigenvalue weighted by Crippen LogP contribution is -2.44. The van der Waals surface area contributed by atoms with Crippen LogP contribution in [0.25, 0.3) is 0 Å². The maximum absolute atomic E-state index is 9.41. The van der Waals surface area contributed by atoms with E-state index in [0.717, 1.165) is 13.1 Å². The van der Waals surface area contributed by atoms with E-state index in [-0.39, 0.29) is 18.5 Å². The zero-order chi connectivity index (χ0) is 6.85. The predicted molar refractivity (Wildman–Crippen MR) is 44.5 cm³/mol. The Labute approximate surface area is 68.4 Å². The van der Waals surface area contributed by atoms with Crippen molar-refractivity contribution in [1.82, 2.24) is 5.32 Å². The van der Waals surface area contributed by atoms with Crippen molar-refractivity contribution >= 4 is 12.4 Å². The number of piperidine rings is 1. The lowest BCUT2D eigenvalue weighted by Gasteiger charge is -2.30. The maximum Gasteiger partial charge on any atom is 0.0615 e. The van der Waals surface area contributed by atoms with Gasteiger partial charge in [-0.15, -0.1) is 12.4 Å². The summed E-state index contributed by atoms with van der Waals surface area (Å²) in [5.74, 6) is 0.850. The van der Waals surface area contributed by atoms with Gasteiger partial charge in [-0.25, -0.2) is 0 Å². The van der Waals surface area contributed by atoms with E-state index in [4.69, 9.17) is 0 Å². The van der Waals surface area contributed by atoms with E-state index in [9.17, 15) is 5.11 Å². The summed E-state index contributed by atoms with van der Waals surface area (Å²) in [5, 5.41) is 12.7. The number of hydrogen-bond donors (Lipinski definition) is 2. The highest BCUT2D eigenvalue weighted by Gasteiger charge is 2.24. The molecule has 1 aliphatic heterocycles. The van der Waals surface area contributed by atoms with Crippen LogP contribution in [0.4, 0.5) is 0 Å². The number of halogens is 1. The third-order valence-electron chi connectivity index (χ3n) is 2.10. The van der Waals surface area contributed by atoms with Gasteiger partial charge in [-0.3, -0.25) is 0 Å². The number of rotatable bonds is 0. The van der Waals surface area contributed by atoms with Crippen LogP contribution in [0.5, 0.6) is 0 Å². The van der Waals surface area contributed by atoms with Crippen LogP contribution in [0.15, 0.2) is 0 Å². The SMILES string of the molecule is C[C@@H]1CNC[C@H](C)C1O.Cl. The number of aliphatic hydroxyl groups is 1. The van der Waals surface area contributed by atoms with Gasteiger partial charge in [0.15, 0.2) is 0 Å². The average molecular weight is 166 g/mol. The quantitative estimate of drug-likeness (QED) is 0.553. The Morgan fingerprint density at radius 2 is 1.60 bits per heavy atom. The van der Waals surface area contributed by atoms with Crippen LogP contribution in [0, 0.1) is 11.8 Å². The molecule has 0 saturated carbocycles. The summed E-state index contributed by atoms with van der Waals surface area (Å²) in [4.78, 5) is 0. The van der Waals surface area contributed by atoms with E-state index < -0.39 is 0 Å². The van der Waals surface area contributed by atoms with Crippen LogP contribution in [0.3, 0.4) is 0 Å². The average Bonchev–Trinajstić information content (AvgIpc) is 1.83. The second kappa shape index (κ2) is 4.16. The Morgan fingerprint density at radius 3 is 1.90 bits per heavy atom. The summed E-state index contributed by atoms with van der Waals surface area (Å²) in [6, 6.07) is 0. The lowest BCUT2D eigenvalue weighted by molar-refractivity contribution is 0.0434. The van der Waals surface area contributed by atoms with Crippen LogP contribution in [0.1, 0.15) is 13.8 Å². The van der Waals surface area contributed by atoms with Gasteiger partial charge in [0.2, 0.25) is 0 Å². The molecule has 0 aromatic rings. The molecule has 10 heavy (non-hydrogen) atoms. The molecule has 1 heterocycles. The van der Waals surface area contributed by atoms with Crippen molar-refractivity contribution in [1.29, 1.82) is 0 Å². The Morgan fingerprint density at radius 1 is 1.20 bits per heavy atom. The van der Waals surface area contributed by atoms with Gasteiger partial charge < -0.3 is 10.4 Å². The molecular formula is C7H16ClNO. The molecule has 2 N–H and O–H groups in total. The third-order valence-corrected chi connectivity index (χ3v) is 2.10. The number of aliphatic hydroxyl groups excluding tert-OH is 1. The van der Waals surface area contributed by atoms with Crippen molar-refractivity contribution in [3.8, 4) is 0 Å². The van der Waals surface area contributed by atoms with Gasteiger partial charge in [-0.05, 0) is 11.8 Å². The first-order valence-corrected chi connectivity index (χ1v) is 3.60. The summed E-state index contributed by atoms with van der Waals surface area (Å²) >= 11 is 0. The van der Waals surface area contributed by atoms with Gasteiger partial charge >= 0.3 is 0 Å². The van der Waals surface area contributed by atoms with Crippen molar-refractivity contribution in [3.63, 3.8) is 0 Å². The molecule has 1 saturated heterocycles. The van der Waals surface area contributed by atoms with E-state index in [1.807, 2.05) is 0 Å². The van der Waals surface area contributed by atoms with Crippen LogP contribution in [-0.4, -0.2) is 24.3 Å². The Hall–Kier alpha value is 0.210. The summed E-state index contributed by atoms with van der Waals surface area (Å²) in [6.07, 6.45) is -0.0914. The lowest BCUT2D eigenvalue weighted by atomic mass is 9.90. The Bertz CT molecular complexity index is 89.6. The van der Waals surface area contributed by atoms with Crippen molar-refractivity contribution in [2.24, 2.45) is 11.8 Å². The van der Waals surface area contributed by atoms with E-state index in [0.29, 0.717) is 11.8 Å². The normalized spacial score (nSPS) is 40.5. The Kier molecular flexibility index (Phi) is 4.25. The number of hydrogen-bond acceptors (Lipinski definition) is 2. The standard InChI is InChI=1S/C7H15NO.ClH/c1-5-3-8-4-6(2)7(5)9;/h5-9H,3-4H2,1-2H3;1H/t5-,6+,7?;. The molecule has 1 rings (SSSR count). The topological polar surface area (TPSA) is 32.3 Å².